The molecule has 0 unspecified atom stereocenters. The fourth-order valence-corrected chi connectivity index (χ4v) is 6.03. The fourth-order valence-electron chi connectivity index (χ4n) is 4.76. The van der Waals surface area contributed by atoms with Gasteiger partial charge < -0.3 is 9.67 Å². The predicted molar refractivity (Wildman–Crippen MR) is 148 cm³/mol. The van der Waals surface area contributed by atoms with E-state index in [2.05, 4.69) is 4.98 Å². The van der Waals surface area contributed by atoms with Crippen LogP contribution >= 0.6 is 34.5 Å². The number of halogens is 2. The van der Waals surface area contributed by atoms with Gasteiger partial charge in [-0.15, -0.1) is 11.3 Å². The molecule has 0 amide bonds. The van der Waals surface area contributed by atoms with Crippen LogP contribution in [0.3, 0.4) is 0 Å². The molecule has 0 saturated carbocycles. The number of aromatic nitrogens is 4. The van der Waals surface area contributed by atoms with E-state index in [9.17, 15) is 14.7 Å². The highest BCUT2D eigenvalue weighted by atomic mass is 35.5. The summed E-state index contributed by atoms with van der Waals surface area (Å²) in [7, 11) is 0. The Morgan fingerprint density at radius 2 is 1.73 bits per heavy atom. The van der Waals surface area contributed by atoms with Gasteiger partial charge in [-0.2, -0.15) is 5.10 Å². The molecule has 3 aromatic carbocycles. The molecule has 3 heterocycles. The lowest BCUT2D eigenvalue weighted by molar-refractivity contribution is -0.137. The van der Waals surface area contributed by atoms with Crippen molar-refractivity contribution < 1.29 is 9.90 Å². The first-order valence-electron chi connectivity index (χ1n) is 11.4. The van der Waals surface area contributed by atoms with Crippen molar-refractivity contribution in [3.8, 4) is 11.3 Å². The second-order valence-electron chi connectivity index (χ2n) is 8.68. The highest BCUT2D eigenvalue weighted by Crippen LogP contribution is 2.38. The van der Waals surface area contributed by atoms with Gasteiger partial charge in [0.25, 0.3) is 5.56 Å². The summed E-state index contributed by atoms with van der Waals surface area (Å²) in [6, 6.07) is 18.2. The van der Waals surface area contributed by atoms with Crippen LogP contribution in [0.2, 0.25) is 10.0 Å². The zero-order valence-electron chi connectivity index (χ0n) is 19.4. The molecule has 0 aliphatic carbocycles. The largest absolute Gasteiger partial charge is 0.480 e. The van der Waals surface area contributed by atoms with E-state index in [1.54, 1.807) is 28.8 Å². The minimum atomic E-state index is -0.958. The van der Waals surface area contributed by atoms with Gasteiger partial charge in [0, 0.05) is 37.6 Å². The van der Waals surface area contributed by atoms with Crippen LogP contribution in [0.1, 0.15) is 10.7 Å². The van der Waals surface area contributed by atoms with Gasteiger partial charge in [-0.1, -0.05) is 41.4 Å². The van der Waals surface area contributed by atoms with Crippen LogP contribution in [0.15, 0.2) is 65.5 Å². The Bertz CT molecular complexity index is 1940. The van der Waals surface area contributed by atoms with Crippen molar-refractivity contribution in [3.63, 3.8) is 0 Å². The molecule has 10 heteroatoms. The van der Waals surface area contributed by atoms with E-state index in [1.165, 1.54) is 16.0 Å². The summed E-state index contributed by atoms with van der Waals surface area (Å²) in [5.41, 5.74) is 3.29. The van der Waals surface area contributed by atoms with Gasteiger partial charge >= 0.3 is 5.97 Å². The molecule has 0 aliphatic rings. The Labute approximate surface area is 224 Å². The van der Waals surface area contributed by atoms with Crippen LogP contribution < -0.4 is 5.56 Å². The number of carboxylic acids is 1. The Balaban J connectivity index is 1.61. The van der Waals surface area contributed by atoms with E-state index in [0.717, 1.165) is 37.4 Å². The van der Waals surface area contributed by atoms with Gasteiger partial charge in [0.05, 0.1) is 22.1 Å². The number of rotatable bonds is 5. The lowest BCUT2D eigenvalue weighted by atomic mass is 10.0. The normalized spacial score (nSPS) is 11.6. The first-order chi connectivity index (χ1) is 17.8. The monoisotopic (exact) mass is 548 g/mol. The molecule has 7 nitrogen and oxygen atoms in total. The smallest absolute Gasteiger partial charge is 0.323 e. The Morgan fingerprint density at radius 3 is 2.51 bits per heavy atom. The number of hydrogen-bond acceptors (Lipinski definition) is 5. The van der Waals surface area contributed by atoms with E-state index in [-0.39, 0.29) is 18.6 Å². The van der Waals surface area contributed by atoms with Crippen molar-refractivity contribution in [1.82, 2.24) is 19.3 Å². The summed E-state index contributed by atoms with van der Waals surface area (Å²) in [5.74, 6) is -0.958. The maximum Gasteiger partial charge on any atom is 0.323 e. The first-order valence-corrected chi connectivity index (χ1v) is 12.9. The summed E-state index contributed by atoms with van der Waals surface area (Å²) < 4.78 is 4.11. The first kappa shape index (κ1) is 23.7. The number of carboxylic acid groups (broad SMARTS) is 1. The minimum absolute atomic E-state index is 0.182. The number of hydrogen-bond donors (Lipinski definition) is 1. The van der Waals surface area contributed by atoms with E-state index in [0.29, 0.717) is 26.5 Å². The van der Waals surface area contributed by atoms with Crippen molar-refractivity contribution >= 4 is 72.4 Å². The van der Waals surface area contributed by atoms with Crippen LogP contribution in [-0.4, -0.2) is 30.4 Å². The van der Waals surface area contributed by atoms with Gasteiger partial charge in [0.1, 0.15) is 17.2 Å². The van der Waals surface area contributed by atoms with Crippen LogP contribution in [0.4, 0.5) is 0 Å². The van der Waals surface area contributed by atoms with Gasteiger partial charge in [0.15, 0.2) is 0 Å². The Kier molecular flexibility index (Phi) is 5.75. The molecule has 6 aromatic rings. The number of benzene rings is 3. The number of thiazole rings is 1. The van der Waals surface area contributed by atoms with Crippen molar-refractivity contribution in [3.05, 3.63) is 91.8 Å². The Morgan fingerprint density at radius 1 is 1.00 bits per heavy atom. The molecule has 0 atom stereocenters. The third-order valence-corrected chi connectivity index (χ3v) is 7.85. The summed E-state index contributed by atoms with van der Waals surface area (Å²) >= 11 is 14.0. The molecule has 0 aliphatic heterocycles. The quantitative estimate of drug-likeness (QED) is 0.270. The highest BCUT2D eigenvalue weighted by molar-refractivity contribution is 7.18. The predicted octanol–water partition coefficient (Wildman–Crippen LogP) is 6.38. The average molecular weight is 549 g/mol. The molecule has 37 heavy (non-hydrogen) atoms. The van der Waals surface area contributed by atoms with E-state index < -0.39 is 5.97 Å². The lowest BCUT2D eigenvalue weighted by Gasteiger charge is -2.11. The van der Waals surface area contributed by atoms with E-state index >= 15 is 0 Å². The number of carbonyl (C=O) groups is 1. The molecule has 0 saturated heterocycles. The molecule has 1 N–H and O–H groups in total. The van der Waals surface area contributed by atoms with Gasteiger partial charge in [-0.05, 0) is 49.4 Å². The molecular formula is C27H18Cl2N4O3S. The highest BCUT2D eigenvalue weighted by Gasteiger charge is 2.22. The summed E-state index contributed by atoms with van der Waals surface area (Å²) in [4.78, 5) is 29.8. The molecule has 0 spiro atoms. The van der Waals surface area contributed by atoms with Gasteiger partial charge in [-0.3, -0.25) is 9.59 Å². The minimum Gasteiger partial charge on any atom is -0.480 e. The van der Waals surface area contributed by atoms with Crippen molar-refractivity contribution in [2.75, 3.05) is 0 Å². The molecule has 6 rings (SSSR count). The van der Waals surface area contributed by atoms with Crippen molar-refractivity contribution in [2.24, 2.45) is 0 Å². The second-order valence-corrected chi connectivity index (χ2v) is 10.7. The molecular weight excluding hydrogens is 531 g/mol. The maximum absolute atomic E-state index is 13.5. The maximum atomic E-state index is 13.5. The average Bonchev–Trinajstić information content (AvgIpc) is 3.38. The van der Waals surface area contributed by atoms with Gasteiger partial charge in [0.2, 0.25) is 0 Å². The van der Waals surface area contributed by atoms with Crippen LogP contribution in [0, 0.1) is 6.92 Å². The lowest BCUT2D eigenvalue weighted by Crippen LogP contribution is -2.24. The molecule has 0 bridgehead atoms. The van der Waals surface area contributed by atoms with E-state index in [4.69, 9.17) is 28.3 Å². The Hall–Kier alpha value is -3.72. The summed E-state index contributed by atoms with van der Waals surface area (Å²) in [6.07, 6.45) is 0. The fraction of sp³-hybridized carbons (Fsp3) is 0.111. The van der Waals surface area contributed by atoms with E-state index in [1.807, 2.05) is 43.3 Å². The number of aliphatic carboxylic acids is 1. The molecule has 3 aromatic heterocycles. The summed E-state index contributed by atoms with van der Waals surface area (Å²) in [6.45, 7) is 1.83. The van der Waals surface area contributed by atoms with Crippen LogP contribution in [0.5, 0.6) is 0 Å². The topological polar surface area (TPSA) is 90.0 Å². The standard InChI is InChI=1S/C27H18Cl2N4O3S/c1-14-25(19-10-15(28)6-8-21(19)32(14)13-24(34)35)26-17-4-2-3-5-18(17)27(36)33(31-26)12-23-30-20-11-16(29)7-9-22(20)37-23/h2-11H,12-13H2,1H3,(H,34,35). The zero-order chi connectivity index (χ0) is 25.8. The molecule has 0 fully saturated rings. The number of fused-ring (bicyclic) bond motifs is 3. The van der Waals surface area contributed by atoms with Crippen molar-refractivity contribution in [2.45, 2.75) is 20.0 Å². The third kappa shape index (κ3) is 4.07. The molecule has 184 valence electrons. The molecule has 0 radical (unpaired) electrons. The second kappa shape index (κ2) is 8.99. The van der Waals surface area contributed by atoms with Crippen molar-refractivity contribution in [1.29, 1.82) is 0 Å². The summed E-state index contributed by atoms with van der Waals surface area (Å²) in [5, 5.41) is 18.2. The SMILES string of the molecule is Cc1c(-c2nn(Cc3nc4cc(Cl)ccc4s3)c(=O)c3ccccc23)c2cc(Cl)ccc2n1CC(=O)O. The number of nitrogens with zero attached hydrogens (tertiary/aromatic N) is 4. The zero-order valence-corrected chi connectivity index (χ0v) is 21.7. The van der Waals surface area contributed by atoms with Crippen LogP contribution in [0.25, 0.3) is 43.1 Å². The van der Waals surface area contributed by atoms with Crippen LogP contribution in [-0.2, 0) is 17.9 Å². The van der Waals surface area contributed by atoms with Gasteiger partial charge in [-0.25, -0.2) is 9.67 Å². The third-order valence-electron chi connectivity index (χ3n) is 6.36.